The Labute approximate surface area is 146 Å². The Balaban J connectivity index is 1.83. The normalized spacial score (nSPS) is 16.4. The number of hydrogen-bond acceptors (Lipinski definition) is 3. The van der Waals surface area contributed by atoms with Gasteiger partial charge in [-0.2, -0.15) is 0 Å². The first-order valence-corrected chi connectivity index (χ1v) is 8.90. The molecule has 0 aromatic heterocycles. The molecule has 0 saturated carbocycles. The van der Waals surface area contributed by atoms with Gasteiger partial charge in [0.15, 0.2) is 0 Å². The van der Waals surface area contributed by atoms with Crippen LogP contribution in [-0.4, -0.2) is 43.7 Å². The average Bonchev–Trinajstić information content (AvgIpc) is 2.49. The minimum Gasteiger partial charge on any atom is -0.495 e. The van der Waals surface area contributed by atoms with Crippen molar-refractivity contribution in [2.75, 3.05) is 32.1 Å². The third-order valence-corrected chi connectivity index (χ3v) is 4.45. The van der Waals surface area contributed by atoms with Crippen LogP contribution in [0.25, 0.3) is 0 Å². The Hall–Kier alpha value is -1.27. The molecule has 128 valence electrons. The van der Waals surface area contributed by atoms with Crippen LogP contribution in [0, 0.1) is 5.92 Å². The molecule has 0 spiro atoms. The number of piperidine rings is 1. The number of halogens is 1. The molecule has 2 rings (SSSR count). The number of ether oxygens (including phenoxy) is 1. The Kier molecular flexibility index (Phi) is 6.72. The van der Waals surface area contributed by atoms with E-state index in [1.54, 1.807) is 7.11 Å². The summed E-state index contributed by atoms with van der Waals surface area (Å²) in [6, 6.07) is 5.60. The quantitative estimate of drug-likeness (QED) is 0.814. The first-order valence-electron chi connectivity index (χ1n) is 8.11. The fourth-order valence-corrected chi connectivity index (χ4v) is 3.26. The summed E-state index contributed by atoms with van der Waals surface area (Å²) < 4.78 is 6.17. The zero-order valence-corrected chi connectivity index (χ0v) is 15.6. The second-order valence-electron chi connectivity index (χ2n) is 6.41. The third-order valence-electron chi connectivity index (χ3n) is 3.96. The standard InChI is InChI=1S/C17H26BrN3O2/c1-12(2)11-21-8-6-14(7-9-21)19-17(22)20-15-10-13(18)4-5-16(15)23-3/h4-5,10,12,14H,6-9,11H2,1-3H3,(H2,19,20,22). The summed E-state index contributed by atoms with van der Waals surface area (Å²) in [4.78, 5) is 14.7. The van der Waals surface area contributed by atoms with Crippen molar-refractivity contribution in [2.24, 2.45) is 5.92 Å². The van der Waals surface area contributed by atoms with Crippen molar-refractivity contribution in [1.82, 2.24) is 10.2 Å². The number of amides is 2. The van der Waals surface area contributed by atoms with Crippen LogP contribution in [0.3, 0.4) is 0 Å². The summed E-state index contributed by atoms with van der Waals surface area (Å²) in [6.07, 6.45) is 1.99. The van der Waals surface area contributed by atoms with Gasteiger partial charge in [-0.25, -0.2) is 4.79 Å². The van der Waals surface area contributed by atoms with Crippen molar-refractivity contribution >= 4 is 27.6 Å². The Bertz CT molecular complexity index is 529. The number of carbonyl (C=O) groups excluding carboxylic acids is 1. The lowest BCUT2D eigenvalue weighted by molar-refractivity contribution is 0.180. The molecule has 1 saturated heterocycles. The van der Waals surface area contributed by atoms with Gasteiger partial charge in [0, 0.05) is 30.1 Å². The predicted molar refractivity (Wildman–Crippen MR) is 97.1 cm³/mol. The molecular weight excluding hydrogens is 358 g/mol. The molecule has 6 heteroatoms. The third kappa shape index (κ3) is 5.70. The van der Waals surface area contributed by atoms with Crippen LogP contribution < -0.4 is 15.4 Å². The highest BCUT2D eigenvalue weighted by molar-refractivity contribution is 9.10. The number of hydrogen-bond donors (Lipinski definition) is 2. The first kappa shape index (κ1) is 18.1. The maximum Gasteiger partial charge on any atom is 0.319 e. The number of rotatable bonds is 5. The largest absolute Gasteiger partial charge is 0.495 e. The van der Waals surface area contributed by atoms with Crippen LogP contribution >= 0.6 is 15.9 Å². The van der Waals surface area contributed by atoms with Crippen molar-refractivity contribution in [2.45, 2.75) is 32.7 Å². The topological polar surface area (TPSA) is 53.6 Å². The fraction of sp³-hybridized carbons (Fsp3) is 0.588. The van der Waals surface area contributed by atoms with Crippen molar-refractivity contribution in [3.8, 4) is 5.75 Å². The summed E-state index contributed by atoms with van der Waals surface area (Å²) in [7, 11) is 1.59. The van der Waals surface area contributed by atoms with Gasteiger partial charge in [-0.3, -0.25) is 0 Å². The van der Waals surface area contributed by atoms with Crippen molar-refractivity contribution in [3.05, 3.63) is 22.7 Å². The zero-order valence-electron chi connectivity index (χ0n) is 14.1. The number of carbonyl (C=O) groups is 1. The van der Waals surface area contributed by atoms with E-state index in [9.17, 15) is 4.79 Å². The zero-order chi connectivity index (χ0) is 16.8. The second kappa shape index (κ2) is 8.55. The van der Waals surface area contributed by atoms with Crippen LogP contribution in [0.4, 0.5) is 10.5 Å². The molecular formula is C17H26BrN3O2. The number of methoxy groups -OCH3 is 1. The molecule has 0 radical (unpaired) electrons. The smallest absolute Gasteiger partial charge is 0.319 e. The Morgan fingerprint density at radius 2 is 2.09 bits per heavy atom. The second-order valence-corrected chi connectivity index (χ2v) is 7.33. The summed E-state index contributed by atoms with van der Waals surface area (Å²) in [5, 5.41) is 5.94. The molecule has 2 amide bonds. The number of likely N-dealkylation sites (tertiary alicyclic amines) is 1. The van der Waals surface area contributed by atoms with Crippen molar-refractivity contribution in [3.63, 3.8) is 0 Å². The molecule has 0 unspecified atom stereocenters. The van der Waals surface area contributed by atoms with Crippen LogP contribution in [-0.2, 0) is 0 Å². The summed E-state index contributed by atoms with van der Waals surface area (Å²) >= 11 is 3.41. The number of benzene rings is 1. The van der Waals surface area contributed by atoms with E-state index >= 15 is 0 Å². The highest BCUT2D eigenvalue weighted by atomic mass is 79.9. The number of nitrogens with zero attached hydrogens (tertiary/aromatic N) is 1. The van der Waals surface area contributed by atoms with Gasteiger partial charge in [0.2, 0.25) is 0 Å². The van der Waals surface area contributed by atoms with E-state index in [0.717, 1.165) is 36.9 Å². The van der Waals surface area contributed by atoms with Crippen LogP contribution in [0.5, 0.6) is 5.75 Å². The van der Waals surface area contributed by atoms with Crippen LogP contribution in [0.1, 0.15) is 26.7 Å². The van der Waals surface area contributed by atoms with E-state index in [-0.39, 0.29) is 12.1 Å². The molecule has 1 fully saturated rings. The van der Waals surface area contributed by atoms with Gasteiger partial charge in [0.05, 0.1) is 12.8 Å². The lowest BCUT2D eigenvalue weighted by Gasteiger charge is -2.33. The molecule has 0 aliphatic carbocycles. The maximum absolute atomic E-state index is 12.2. The summed E-state index contributed by atoms with van der Waals surface area (Å²) in [6.45, 7) is 7.70. The van der Waals surface area contributed by atoms with Gasteiger partial charge in [-0.05, 0) is 37.0 Å². The predicted octanol–water partition coefficient (Wildman–Crippen LogP) is 3.70. The molecule has 0 bridgehead atoms. The molecule has 1 aromatic rings. The van der Waals surface area contributed by atoms with Crippen molar-refractivity contribution in [1.29, 1.82) is 0 Å². The van der Waals surface area contributed by atoms with Gasteiger partial charge in [-0.15, -0.1) is 0 Å². The number of urea groups is 1. The molecule has 1 aliphatic rings. The SMILES string of the molecule is COc1ccc(Br)cc1NC(=O)NC1CCN(CC(C)C)CC1. The summed E-state index contributed by atoms with van der Waals surface area (Å²) in [5.74, 6) is 1.34. The lowest BCUT2D eigenvalue weighted by atomic mass is 10.0. The molecule has 2 N–H and O–H groups in total. The van der Waals surface area contributed by atoms with Gasteiger partial charge in [0.1, 0.15) is 5.75 Å². The molecule has 0 atom stereocenters. The minimum atomic E-state index is -0.177. The molecule has 23 heavy (non-hydrogen) atoms. The minimum absolute atomic E-state index is 0.177. The van der Waals surface area contributed by atoms with E-state index in [4.69, 9.17) is 4.74 Å². The fourth-order valence-electron chi connectivity index (χ4n) is 2.90. The van der Waals surface area contributed by atoms with E-state index in [0.29, 0.717) is 17.4 Å². The molecule has 1 aliphatic heterocycles. The Morgan fingerprint density at radius 3 is 2.70 bits per heavy atom. The summed E-state index contributed by atoms with van der Waals surface area (Å²) in [5.41, 5.74) is 0.664. The van der Waals surface area contributed by atoms with Gasteiger partial charge in [0.25, 0.3) is 0 Å². The maximum atomic E-state index is 12.2. The van der Waals surface area contributed by atoms with Crippen LogP contribution in [0.2, 0.25) is 0 Å². The van der Waals surface area contributed by atoms with E-state index in [2.05, 4.69) is 45.3 Å². The average molecular weight is 384 g/mol. The van der Waals surface area contributed by atoms with E-state index in [1.165, 1.54) is 0 Å². The highest BCUT2D eigenvalue weighted by Gasteiger charge is 2.21. The van der Waals surface area contributed by atoms with Gasteiger partial charge < -0.3 is 20.3 Å². The monoisotopic (exact) mass is 383 g/mol. The number of anilines is 1. The van der Waals surface area contributed by atoms with E-state index < -0.39 is 0 Å². The first-order chi connectivity index (χ1) is 11.0. The lowest BCUT2D eigenvalue weighted by Crippen LogP contribution is -2.46. The molecule has 1 aromatic carbocycles. The highest BCUT2D eigenvalue weighted by Crippen LogP contribution is 2.27. The van der Waals surface area contributed by atoms with E-state index in [1.807, 2.05) is 18.2 Å². The van der Waals surface area contributed by atoms with Gasteiger partial charge in [-0.1, -0.05) is 29.8 Å². The molecule has 5 nitrogen and oxygen atoms in total. The molecule has 1 heterocycles. The van der Waals surface area contributed by atoms with Gasteiger partial charge >= 0.3 is 6.03 Å². The van der Waals surface area contributed by atoms with Crippen molar-refractivity contribution < 1.29 is 9.53 Å². The number of nitrogens with one attached hydrogen (secondary N) is 2. The van der Waals surface area contributed by atoms with Crippen LogP contribution in [0.15, 0.2) is 22.7 Å². The Morgan fingerprint density at radius 1 is 1.39 bits per heavy atom.